The normalized spacial score (nSPS) is 15.1. The van der Waals surface area contributed by atoms with Crippen molar-refractivity contribution in [2.24, 2.45) is 5.92 Å². The Hall–Kier alpha value is -2.36. The summed E-state index contributed by atoms with van der Waals surface area (Å²) in [5, 5.41) is 6.08. The third kappa shape index (κ3) is 3.70. The molecular formula is C19H23N3O. The predicted octanol–water partition coefficient (Wildman–Crippen LogP) is 4.28. The minimum atomic E-state index is -0.168. The Bertz CT molecular complexity index is 722. The van der Waals surface area contributed by atoms with Crippen LogP contribution in [0.5, 0.6) is 0 Å². The molecule has 4 heteroatoms. The van der Waals surface area contributed by atoms with Crippen molar-refractivity contribution in [3.8, 4) is 0 Å². The summed E-state index contributed by atoms with van der Waals surface area (Å²) in [5.74, 6) is 0.494. The lowest BCUT2D eigenvalue weighted by atomic mass is 10.1. The number of anilines is 1. The van der Waals surface area contributed by atoms with Crippen LogP contribution in [-0.2, 0) is 0 Å². The maximum Gasteiger partial charge on any atom is 0.319 e. The van der Waals surface area contributed by atoms with Crippen LogP contribution in [0.1, 0.15) is 41.4 Å². The number of benzene rings is 1. The molecule has 2 amide bonds. The number of rotatable bonds is 4. The van der Waals surface area contributed by atoms with E-state index >= 15 is 0 Å². The number of aryl methyl sites for hydroxylation is 2. The Morgan fingerprint density at radius 1 is 1.13 bits per heavy atom. The van der Waals surface area contributed by atoms with Crippen LogP contribution < -0.4 is 10.6 Å². The van der Waals surface area contributed by atoms with Gasteiger partial charge in [-0.2, -0.15) is 0 Å². The van der Waals surface area contributed by atoms with E-state index in [2.05, 4.69) is 15.6 Å². The number of pyridine rings is 1. The summed E-state index contributed by atoms with van der Waals surface area (Å²) < 4.78 is 0. The molecule has 1 saturated carbocycles. The van der Waals surface area contributed by atoms with Gasteiger partial charge in [-0.25, -0.2) is 4.79 Å². The van der Waals surface area contributed by atoms with Gasteiger partial charge >= 0.3 is 6.03 Å². The lowest BCUT2D eigenvalue weighted by Crippen LogP contribution is -2.34. The average Bonchev–Trinajstić information content (AvgIpc) is 3.34. The Morgan fingerprint density at radius 2 is 1.87 bits per heavy atom. The van der Waals surface area contributed by atoms with Crippen molar-refractivity contribution in [3.63, 3.8) is 0 Å². The molecule has 2 N–H and O–H groups in total. The van der Waals surface area contributed by atoms with E-state index in [-0.39, 0.29) is 12.1 Å². The topological polar surface area (TPSA) is 54.0 Å². The lowest BCUT2D eigenvalue weighted by molar-refractivity contribution is 0.246. The molecule has 1 aromatic carbocycles. The monoisotopic (exact) mass is 309 g/mol. The van der Waals surface area contributed by atoms with Gasteiger partial charge in [-0.05, 0) is 68.9 Å². The fourth-order valence-corrected chi connectivity index (χ4v) is 2.79. The predicted molar refractivity (Wildman–Crippen MR) is 92.5 cm³/mol. The second kappa shape index (κ2) is 6.41. The van der Waals surface area contributed by atoms with Gasteiger partial charge in [-0.15, -0.1) is 0 Å². The van der Waals surface area contributed by atoms with Crippen molar-refractivity contribution in [2.75, 3.05) is 5.32 Å². The van der Waals surface area contributed by atoms with Crippen LogP contribution in [-0.4, -0.2) is 11.0 Å². The summed E-state index contributed by atoms with van der Waals surface area (Å²) in [6, 6.07) is 11.7. The molecule has 1 heterocycles. The minimum absolute atomic E-state index is 0.0139. The first-order valence-electron chi connectivity index (χ1n) is 8.12. The van der Waals surface area contributed by atoms with Crippen molar-refractivity contribution in [1.29, 1.82) is 0 Å². The molecule has 1 fully saturated rings. The van der Waals surface area contributed by atoms with Crippen LogP contribution in [0.3, 0.4) is 0 Å². The molecule has 2 aromatic rings. The molecule has 120 valence electrons. The molecule has 1 unspecified atom stereocenters. The molecular weight excluding hydrogens is 286 g/mol. The van der Waals surface area contributed by atoms with Gasteiger partial charge in [0, 0.05) is 11.4 Å². The number of hydrogen-bond donors (Lipinski definition) is 2. The summed E-state index contributed by atoms with van der Waals surface area (Å²) >= 11 is 0. The number of urea groups is 1. The maximum absolute atomic E-state index is 12.4. The third-order valence-electron chi connectivity index (χ3n) is 4.46. The number of amides is 2. The lowest BCUT2D eigenvalue weighted by Gasteiger charge is -2.19. The highest BCUT2D eigenvalue weighted by Crippen LogP contribution is 2.40. The smallest absolute Gasteiger partial charge is 0.319 e. The molecule has 3 rings (SSSR count). The number of nitrogens with one attached hydrogen (secondary N) is 2. The van der Waals surface area contributed by atoms with Gasteiger partial charge in [0.15, 0.2) is 0 Å². The zero-order valence-corrected chi connectivity index (χ0v) is 13.9. The van der Waals surface area contributed by atoms with Crippen LogP contribution in [0.2, 0.25) is 0 Å². The number of hydrogen-bond acceptors (Lipinski definition) is 2. The van der Waals surface area contributed by atoms with E-state index in [0.29, 0.717) is 5.92 Å². The van der Waals surface area contributed by atoms with Gasteiger partial charge in [0.2, 0.25) is 0 Å². The highest BCUT2D eigenvalue weighted by Gasteiger charge is 2.34. The molecule has 0 spiro atoms. The molecule has 1 aliphatic rings. The van der Waals surface area contributed by atoms with E-state index in [0.717, 1.165) is 35.5 Å². The van der Waals surface area contributed by atoms with Crippen molar-refractivity contribution in [2.45, 2.75) is 39.7 Å². The van der Waals surface area contributed by atoms with Gasteiger partial charge in [-0.1, -0.05) is 18.2 Å². The Labute approximate surface area is 137 Å². The van der Waals surface area contributed by atoms with Gasteiger partial charge in [-0.3, -0.25) is 4.98 Å². The first-order valence-corrected chi connectivity index (χ1v) is 8.12. The van der Waals surface area contributed by atoms with E-state index in [1.807, 2.05) is 57.2 Å². The maximum atomic E-state index is 12.4. The van der Waals surface area contributed by atoms with Crippen LogP contribution in [0.4, 0.5) is 10.5 Å². The highest BCUT2D eigenvalue weighted by molar-refractivity contribution is 5.90. The molecule has 4 nitrogen and oxygen atoms in total. The second-order valence-corrected chi connectivity index (χ2v) is 6.36. The molecule has 1 aromatic heterocycles. The molecule has 0 radical (unpaired) electrons. The zero-order chi connectivity index (χ0) is 16.4. The van der Waals surface area contributed by atoms with Gasteiger partial charge in [0.1, 0.15) is 0 Å². The van der Waals surface area contributed by atoms with Crippen LogP contribution in [0.25, 0.3) is 0 Å². The van der Waals surface area contributed by atoms with E-state index in [1.54, 1.807) is 0 Å². The molecule has 1 atom stereocenters. The molecule has 0 aliphatic heterocycles. The zero-order valence-electron chi connectivity index (χ0n) is 13.9. The van der Waals surface area contributed by atoms with E-state index < -0.39 is 0 Å². The van der Waals surface area contributed by atoms with Gasteiger partial charge < -0.3 is 10.6 Å². The first kappa shape index (κ1) is 15.5. The average molecular weight is 309 g/mol. The second-order valence-electron chi connectivity index (χ2n) is 6.36. The summed E-state index contributed by atoms with van der Waals surface area (Å²) in [7, 11) is 0. The van der Waals surface area contributed by atoms with Crippen molar-refractivity contribution in [3.05, 3.63) is 58.9 Å². The van der Waals surface area contributed by atoms with E-state index in [4.69, 9.17) is 0 Å². The number of carbonyl (C=O) groups excluding carboxylic acids is 1. The van der Waals surface area contributed by atoms with Gasteiger partial charge in [0.05, 0.1) is 11.7 Å². The summed E-state index contributed by atoms with van der Waals surface area (Å²) in [5.41, 5.74) is 5.05. The minimum Gasteiger partial charge on any atom is -0.329 e. The Morgan fingerprint density at radius 3 is 2.57 bits per heavy atom. The molecule has 0 saturated heterocycles. The highest BCUT2D eigenvalue weighted by atomic mass is 16.2. The third-order valence-corrected chi connectivity index (χ3v) is 4.46. The fourth-order valence-electron chi connectivity index (χ4n) is 2.79. The number of aromatic nitrogens is 1. The SMILES string of the molecule is Cc1cccc(C(NC(=O)Nc2cccc(C)c2C)C2CC2)n1. The molecule has 0 bridgehead atoms. The van der Waals surface area contributed by atoms with E-state index in [9.17, 15) is 4.79 Å². The fraction of sp³-hybridized carbons (Fsp3) is 0.368. The van der Waals surface area contributed by atoms with E-state index in [1.165, 1.54) is 5.56 Å². The molecule has 1 aliphatic carbocycles. The number of carbonyl (C=O) groups is 1. The summed E-state index contributed by atoms with van der Waals surface area (Å²) in [6.07, 6.45) is 2.29. The van der Waals surface area contributed by atoms with Crippen LogP contribution in [0.15, 0.2) is 36.4 Å². The summed E-state index contributed by atoms with van der Waals surface area (Å²) in [4.78, 5) is 17.0. The number of nitrogens with zero attached hydrogens (tertiary/aromatic N) is 1. The van der Waals surface area contributed by atoms with Crippen molar-refractivity contribution in [1.82, 2.24) is 10.3 Å². The largest absolute Gasteiger partial charge is 0.329 e. The standard InChI is InChI=1S/C19H23N3O/c1-12-6-4-8-16(14(12)3)21-19(23)22-18(15-10-11-15)17-9-5-7-13(2)20-17/h4-9,15,18H,10-11H2,1-3H3,(H2,21,22,23). The van der Waals surface area contributed by atoms with Gasteiger partial charge in [0.25, 0.3) is 0 Å². The van der Waals surface area contributed by atoms with Crippen LogP contribution in [0, 0.1) is 26.7 Å². The molecule has 23 heavy (non-hydrogen) atoms. The van der Waals surface area contributed by atoms with Crippen LogP contribution >= 0.6 is 0 Å². The quantitative estimate of drug-likeness (QED) is 0.885. The summed E-state index contributed by atoms with van der Waals surface area (Å²) in [6.45, 7) is 6.04. The van der Waals surface area contributed by atoms with Crippen molar-refractivity contribution >= 4 is 11.7 Å². The Kier molecular flexibility index (Phi) is 4.33. The van der Waals surface area contributed by atoms with Crippen molar-refractivity contribution < 1.29 is 4.79 Å². The first-order chi connectivity index (χ1) is 11.0. The Balaban J connectivity index is 1.73.